The smallest absolute Gasteiger partial charge is 0.254 e. The summed E-state index contributed by atoms with van der Waals surface area (Å²) < 4.78 is 45.2. The summed E-state index contributed by atoms with van der Waals surface area (Å²) in [6, 6.07) is 11.5. The van der Waals surface area contributed by atoms with Gasteiger partial charge in [-0.2, -0.15) is 4.31 Å². The molecule has 2 amide bonds. The molecule has 2 aromatic carbocycles. The number of sulfonamides is 1. The molecule has 4 bridgehead atoms. The molecular formula is C29H39N3O8S. The number of fused-ring (bicyclic) bond motifs is 5. The number of methoxy groups -OCH3 is 1. The number of piperidine rings is 1. The topological polar surface area (TPSA) is 135 Å². The number of amides is 2. The molecular weight excluding hydrogens is 550 g/mol. The maximum Gasteiger partial charge on any atom is 0.254 e. The van der Waals surface area contributed by atoms with Gasteiger partial charge in [0.2, 0.25) is 15.9 Å². The van der Waals surface area contributed by atoms with Gasteiger partial charge >= 0.3 is 0 Å². The van der Waals surface area contributed by atoms with Crippen LogP contribution in [0, 0.1) is 0 Å². The van der Waals surface area contributed by atoms with E-state index in [4.69, 9.17) is 14.2 Å². The fourth-order valence-corrected chi connectivity index (χ4v) is 6.67. The molecule has 2 heterocycles. The van der Waals surface area contributed by atoms with Crippen LogP contribution in [-0.2, 0) is 26.2 Å². The summed E-state index contributed by atoms with van der Waals surface area (Å²) in [5.41, 5.74) is 1.13. The largest absolute Gasteiger partial charge is 0.493 e. The van der Waals surface area contributed by atoms with E-state index in [0.717, 1.165) is 12.0 Å². The quantitative estimate of drug-likeness (QED) is 0.480. The van der Waals surface area contributed by atoms with Crippen LogP contribution in [0.15, 0.2) is 42.5 Å². The number of unbranched alkanes of at least 4 members (excludes halogenated alkanes) is 1. The zero-order chi connectivity index (χ0) is 29.4. The molecule has 2 N–H and O–H groups in total. The molecule has 41 heavy (non-hydrogen) atoms. The summed E-state index contributed by atoms with van der Waals surface area (Å²) in [6.07, 6.45) is 1.56. The predicted octanol–water partition coefficient (Wildman–Crippen LogP) is 2.53. The van der Waals surface area contributed by atoms with Crippen molar-refractivity contribution in [3.63, 3.8) is 0 Å². The molecule has 0 unspecified atom stereocenters. The highest BCUT2D eigenvalue weighted by atomic mass is 32.2. The van der Waals surface area contributed by atoms with Crippen molar-refractivity contribution >= 4 is 21.8 Å². The van der Waals surface area contributed by atoms with Gasteiger partial charge in [-0.15, -0.1) is 0 Å². The van der Waals surface area contributed by atoms with E-state index in [2.05, 4.69) is 5.32 Å². The van der Waals surface area contributed by atoms with E-state index >= 15 is 0 Å². The van der Waals surface area contributed by atoms with Crippen LogP contribution in [0.25, 0.3) is 0 Å². The van der Waals surface area contributed by atoms with Crippen LogP contribution in [0.2, 0.25) is 0 Å². The second-order valence-corrected chi connectivity index (χ2v) is 12.3. The lowest BCUT2D eigenvalue weighted by molar-refractivity contribution is -0.124. The molecule has 2 aliphatic heterocycles. The van der Waals surface area contributed by atoms with Crippen LogP contribution in [0.3, 0.4) is 0 Å². The van der Waals surface area contributed by atoms with Crippen molar-refractivity contribution < 1.29 is 37.3 Å². The number of aliphatic hydroxyl groups is 1. The molecule has 2 aliphatic rings. The fourth-order valence-electron chi connectivity index (χ4n) is 4.99. The summed E-state index contributed by atoms with van der Waals surface area (Å²) in [5.74, 6) is 0.499. The van der Waals surface area contributed by atoms with E-state index in [1.165, 1.54) is 16.3 Å². The standard InChI is InChI=1S/C29H39N3O8S/c1-3-4-15-41(36,37)32-13-11-25-24(18-32)30-28(34)19-31(12-6-14-33)29(35)22-9-10-26(38-2)27(17-22)40-23-8-5-7-21(16-23)20-39-25/h5,7-10,16-17,24-25,33H,3-4,6,11-15,18-20H2,1-2H3,(H,30,34)/t24-,25-/m0/s1. The first kappa shape index (κ1) is 30.8. The highest BCUT2D eigenvalue weighted by Crippen LogP contribution is 2.33. The second-order valence-electron chi connectivity index (χ2n) is 10.3. The Balaban J connectivity index is 1.67. The van der Waals surface area contributed by atoms with E-state index < -0.39 is 34.0 Å². The van der Waals surface area contributed by atoms with Crippen LogP contribution in [0.1, 0.15) is 48.5 Å². The molecule has 0 aliphatic carbocycles. The van der Waals surface area contributed by atoms with E-state index in [1.54, 1.807) is 24.3 Å². The van der Waals surface area contributed by atoms with Gasteiger partial charge in [-0.05, 0) is 55.2 Å². The molecule has 1 fully saturated rings. The van der Waals surface area contributed by atoms with Gasteiger partial charge in [0.05, 0.1) is 38.2 Å². The van der Waals surface area contributed by atoms with Gasteiger partial charge in [0.15, 0.2) is 11.5 Å². The van der Waals surface area contributed by atoms with Crippen molar-refractivity contribution in [2.75, 3.05) is 45.6 Å². The molecule has 0 saturated carbocycles. The maximum atomic E-state index is 13.6. The van der Waals surface area contributed by atoms with Crippen molar-refractivity contribution in [3.05, 3.63) is 53.6 Å². The number of nitrogens with zero attached hydrogens (tertiary/aromatic N) is 2. The molecule has 0 radical (unpaired) electrons. The lowest BCUT2D eigenvalue weighted by atomic mass is 10.0. The number of carbonyl (C=O) groups is 2. The highest BCUT2D eigenvalue weighted by Gasteiger charge is 2.36. The Kier molecular flexibility index (Phi) is 10.6. The van der Waals surface area contributed by atoms with Crippen molar-refractivity contribution in [3.8, 4) is 17.2 Å². The van der Waals surface area contributed by atoms with Crippen molar-refractivity contribution in [2.24, 2.45) is 0 Å². The first-order valence-electron chi connectivity index (χ1n) is 14.0. The molecule has 12 heteroatoms. The van der Waals surface area contributed by atoms with Crippen LogP contribution >= 0.6 is 0 Å². The number of benzene rings is 2. The van der Waals surface area contributed by atoms with Gasteiger partial charge in [0, 0.05) is 31.8 Å². The van der Waals surface area contributed by atoms with Crippen molar-refractivity contribution in [2.45, 2.75) is 51.4 Å². The minimum absolute atomic E-state index is 0.0514. The predicted molar refractivity (Wildman–Crippen MR) is 153 cm³/mol. The lowest BCUT2D eigenvalue weighted by Crippen LogP contribution is -2.58. The third-order valence-corrected chi connectivity index (χ3v) is 9.14. The Morgan fingerprint density at radius 3 is 2.73 bits per heavy atom. The maximum absolute atomic E-state index is 13.6. The minimum atomic E-state index is -3.49. The summed E-state index contributed by atoms with van der Waals surface area (Å²) >= 11 is 0. The molecule has 2 atom stereocenters. The van der Waals surface area contributed by atoms with Gasteiger partial charge in [0.1, 0.15) is 5.75 Å². The zero-order valence-corrected chi connectivity index (χ0v) is 24.4. The molecule has 1 saturated heterocycles. The number of rotatable bonds is 8. The Morgan fingerprint density at radius 1 is 1.15 bits per heavy atom. The Bertz CT molecular complexity index is 1320. The molecule has 4 rings (SSSR count). The van der Waals surface area contributed by atoms with Crippen LogP contribution < -0.4 is 14.8 Å². The second kappa shape index (κ2) is 14.1. The minimum Gasteiger partial charge on any atom is -0.493 e. The fraction of sp³-hybridized carbons (Fsp3) is 0.517. The first-order valence-corrected chi connectivity index (χ1v) is 15.6. The Morgan fingerprint density at radius 2 is 1.98 bits per heavy atom. The Hall–Kier alpha value is -3.19. The summed E-state index contributed by atoms with van der Waals surface area (Å²) in [6.45, 7) is 2.27. The zero-order valence-electron chi connectivity index (χ0n) is 23.6. The van der Waals surface area contributed by atoms with Gasteiger partial charge in [0.25, 0.3) is 5.91 Å². The first-order chi connectivity index (χ1) is 19.7. The van der Waals surface area contributed by atoms with Gasteiger partial charge in [-0.1, -0.05) is 25.5 Å². The number of carbonyl (C=O) groups excluding carboxylic acids is 2. The van der Waals surface area contributed by atoms with E-state index in [0.29, 0.717) is 42.2 Å². The number of nitrogens with one attached hydrogen (secondary N) is 1. The third kappa shape index (κ3) is 7.97. The summed E-state index contributed by atoms with van der Waals surface area (Å²) in [4.78, 5) is 28.2. The summed E-state index contributed by atoms with van der Waals surface area (Å²) in [5, 5.41) is 12.4. The van der Waals surface area contributed by atoms with E-state index in [-0.39, 0.29) is 45.0 Å². The normalized spacial score (nSPS) is 20.6. The summed E-state index contributed by atoms with van der Waals surface area (Å²) in [7, 11) is -1.98. The number of hydrogen-bond donors (Lipinski definition) is 2. The molecule has 224 valence electrons. The van der Waals surface area contributed by atoms with Crippen LogP contribution in [-0.4, -0.2) is 92.3 Å². The van der Waals surface area contributed by atoms with Gasteiger partial charge < -0.3 is 29.5 Å². The Labute approximate surface area is 241 Å². The SMILES string of the molecule is CCCCS(=O)(=O)N1CC[C@@H]2OCc3cccc(c3)Oc3cc(ccc3OC)C(=O)N(CCCO)CC(=O)N[C@H]2C1. The van der Waals surface area contributed by atoms with Crippen LogP contribution in [0.4, 0.5) is 0 Å². The van der Waals surface area contributed by atoms with Crippen LogP contribution in [0.5, 0.6) is 17.2 Å². The number of aliphatic hydroxyl groups excluding tert-OH is 1. The lowest BCUT2D eigenvalue weighted by Gasteiger charge is -2.38. The molecule has 11 nitrogen and oxygen atoms in total. The monoisotopic (exact) mass is 589 g/mol. The van der Waals surface area contributed by atoms with Gasteiger partial charge in [-0.3, -0.25) is 9.59 Å². The van der Waals surface area contributed by atoms with Crippen molar-refractivity contribution in [1.29, 1.82) is 0 Å². The molecule has 0 spiro atoms. The van der Waals surface area contributed by atoms with Crippen molar-refractivity contribution in [1.82, 2.24) is 14.5 Å². The number of ether oxygens (including phenoxy) is 3. The highest BCUT2D eigenvalue weighted by molar-refractivity contribution is 7.89. The third-order valence-electron chi connectivity index (χ3n) is 7.22. The van der Waals surface area contributed by atoms with Gasteiger partial charge in [-0.25, -0.2) is 8.42 Å². The van der Waals surface area contributed by atoms with E-state index in [9.17, 15) is 23.1 Å². The molecule has 0 aromatic heterocycles. The average molecular weight is 590 g/mol. The molecule has 2 aromatic rings. The number of hydrogen-bond acceptors (Lipinski definition) is 8. The average Bonchev–Trinajstić information content (AvgIpc) is 2.97. The van der Waals surface area contributed by atoms with E-state index in [1.807, 2.05) is 25.1 Å².